The van der Waals surface area contributed by atoms with Gasteiger partial charge in [0.1, 0.15) is 11.6 Å². The SMILES string of the molecule is CC1CCCCN1c1cc(N)nc(Cl)n1.SC1CC1. The van der Waals surface area contributed by atoms with Gasteiger partial charge in [-0.2, -0.15) is 12.6 Å². The fourth-order valence-electron chi connectivity index (χ4n) is 2.08. The molecule has 6 heteroatoms. The third-order valence-corrected chi connectivity index (χ3v) is 4.03. The zero-order valence-electron chi connectivity index (χ0n) is 11.2. The molecule has 2 fully saturated rings. The number of aromatic nitrogens is 2. The highest BCUT2D eigenvalue weighted by Crippen LogP contribution is 2.25. The highest BCUT2D eigenvalue weighted by atomic mass is 35.5. The molecule has 0 aromatic carbocycles. The molecule has 2 N–H and O–H groups in total. The van der Waals surface area contributed by atoms with Gasteiger partial charge in [-0.15, -0.1) is 0 Å². The van der Waals surface area contributed by atoms with E-state index in [-0.39, 0.29) is 5.28 Å². The molecule has 4 nitrogen and oxygen atoms in total. The van der Waals surface area contributed by atoms with Gasteiger partial charge in [0.25, 0.3) is 0 Å². The number of halogens is 1. The van der Waals surface area contributed by atoms with E-state index >= 15 is 0 Å². The van der Waals surface area contributed by atoms with Gasteiger partial charge in [-0.1, -0.05) is 0 Å². The minimum atomic E-state index is 0.225. The molecule has 1 saturated carbocycles. The Morgan fingerprint density at radius 2 is 2.00 bits per heavy atom. The second-order valence-corrected chi connectivity index (χ2v) is 6.26. The summed E-state index contributed by atoms with van der Waals surface area (Å²) in [4.78, 5) is 10.3. The van der Waals surface area contributed by atoms with Crippen molar-refractivity contribution in [2.24, 2.45) is 0 Å². The van der Waals surface area contributed by atoms with Gasteiger partial charge in [-0.05, 0) is 50.6 Å². The van der Waals surface area contributed by atoms with Crippen LogP contribution in [0.15, 0.2) is 6.07 Å². The number of anilines is 2. The van der Waals surface area contributed by atoms with E-state index in [1.165, 1.54) is 32.1 Å². The molecule has 0 spiro atoms. The van der Waals surface area contributed by atoms with Crippen LogP contribution in [0.5, 0.6) is 0 Å². The normalized spacial score (nSPS) is 22.7. The molecule has 1 aromatic heterocycles. The van der Waals surface area contributed by atoms with Crippen LogP contribution in [0, 0.1) is 0 Å². The summed E-state index contributed by atoms with van der Waals surface area (Å²) >= 11 is 9.87. The van der Waals surface area contributed by atoms with Crippen molar-refractivity contribution in [3.8, 4) is 0 Å². The van der Waals surface area contributed by atoms with E-state index in [1.807, 2.05) is 0 Å². The predicted octanol–water partition coefficient (Wildman–Crippen LogP) is 3.17. The number of rotatable bonds is 1. The molecule has 3 rings (SSSR count). The summed E-state index contributed by atoms with van der Waals surface area (Å²) in [6, 6.07) is 2.29. The molecule has 0 amide bonds. The van der Waals surface area contributed by atoms with Crippen molar-refractivity contribution in [3.05, 3.63) is 11.3 Å². The Hall–Kier alpha value is -0.680. The second kappa shape index (κ2) is 6.66. The maximum atomic E-state index is 5.79. The number of nitrogens with zero attached hydrogens (tertiary/aromatic N) is 3. The van der Waals surface area contributed by atoms with E-state index in [2.05, 4.69) is 34.4 Å². The lowest BCUT2D eigenvalue weighted by atomic mass is 10.0. The predicted molar refractivity (Wildman–Crippen MR) is 84.1 cm³/mol. The van der Waals surface area contributed by atoms with E-state index in [0.29, 0.717) is 11.9 Å². The standard InChI is InChI=1S/C10H15ClN4.C3H6S/c1-7-4-2-3-5-15(7)9-6-8(12)13-10(11)14-9;4-3-1-2-3/h6-7H,2-5H2,1H3,(H2,12,13,14);3-4H,1-2H2. The van der Waals surface area contributed by atoms with Crippen molar-refractivity contribution in [1.82, 2.24) is 9.97 Å². The minimum Gasteiger partial charge on any atom is -0.383 e. The van der Waals surface area contributed by atoms with Gasteiger partial charge in [0.05, 0.1) is 0 Å². The van der Waals surface area contributed by atoms with Crippen LogP contribution in [-0.2, 0) is 0 Å². The van der Waals surface area contributed by atoms with Crippen molar-refractivity contribution in [3.63, 3.8) is 0 Å². The average molecular weight is 301 g/mol. The average Bonchev–Trinajstić information content (AvgIpc) is 3.12. The number of thiol groups is 1. The monoisotopic (exact) mass is 300 g/mol. The minimum absolute atomic E-state index is 0.225. The zero-order chi connectivity index (χ0) is 13.8. The number of nitrogen functional groups attached to an aromatic ring is 1. The highest BCUT2D eigenvalue weighted by molar-refractivity contribution is 7.81. The van der Waals surface area contributed by atoms with Gasteiger partial charge in [0.15, 0.2) is 0 Å². The Morgan fingerprint density at radius 3 is 2.53 bits per heavy atom. The summed E-state index contributed by atoms with van der Waals surface area (Å²) < 4.78 is 0. The molecule has 2 heterocycles. The number of nitrogens with two attached hydrogens (primary N) is 1. The van der Waals surface area contributed by atoms with Gasteiger partial charge in [-0.25, -0.2) is 9.97 Å². The van der Waals surface area contributed by atoms with Gasteiger partial charge in [0, 0.05) is 23.9 Å². The molecule has 1 aromatic rings. The van der Waals surface area contributed by atoms with Crippen LogP contribution >= 0.6 is 24.2 Å². The molecule has 1 saturated heterocycles. The third-order valence-electron chi connectivity index (χ3n) is 3.35. The molecule has 19 heavy (non-hydrogen) atoms. The van der Waals surface area contributed by atoms with Gasteiger partial charge in [-0.3, -0.25) is 0 Å². The van der Waals surface area contributed by atoms with Crippen molar-refractivity contribution in [2.75, 3.05) is 17.2 Å². The number of hydrogen-bond donors (Lipinski definition) is 2. The summed E-state index contributed by atoms with van der Waals surface area (Å²) in [6.45, 7) is 3.22. The first-order chi connectivity index (χ1) is 9.06. The summed E-state index contributed by atoms with van der Waals surface area (Å²) in [7, 11) is 0. The molecule has 1 aliphatic carbocycles. The molecule has 2 aliphatic rings. The van der Waals surface area contributed by atoms with Crippen molar-refractivity contribution >= 4 is 35.9 Å². The van der Waals surface area contributed by atoms with Crippen LogP contribution in [0.25, 0.3) is 0 Å². The summed E-state index contributed by atoms with van der Waals surface area (Å²) in [6.07, 6.45) is 6.38. The summed E-state index contributed by atoms with van der Waals surface area (Å²) in [5.41, 5.74) is 5.65. The Labute approximate surface area is 125 Å². The smallest absolute Gasteiger partial charge is 0.226 e. The summed E-state index contributed by atoms with van der Waals surface area (Å²) in [5, 5.41) is 1.00. The Morgan fingerprint density at radius 1 is 1.32 bits per heavy atom. The van der Waals surface area contributed by atoms with Crippen LogP contribution in [0.1, 0.15) is 39.0 Å². The van der Waals surface area contributed by atoms with Crippen molar-refractivity contribution in [1.29, 1.82) is 0 Å². The van der Waals surface area contributed by atoms with E-state index in [9.17, 15) is 0 Å². The molecule has 1 aliphatic heterocycles. The van der Waals surface area contributed by atoms with E-state index in [0.717, 1.165) is 17.6 Å². The quantitative estimate of drug-likeness (QED) is 0.618. The van der Waals surface area contributed by atoms with Crippen LogP contribution in [0.3, 0.4) is 0 Å². The third kappa shape index (κ3) is 4.73. The highest BCUT2D eigenvalue weighted by Gasteiger charge is 2.20. The van der Waals surface area contributed by atoms with E-state index in [1.54, 1.807) is 6.07 Å². The largest absolute Gasteiger partial charge is 0.383 e. The molecule has 0 bridgehead atoms. The van der Waals surface area contributed by atoms with Gasteiger partial charge < -0.3 is 10.6 Å². The zero-order valence-corrected chi connectivity index (χ0v) is 12.9. The van der Waals surface area contributed by atoms with Gasteiger partial charge in [0.2, 0.25) is 5.28 Å². The maximum Gasteiger partial charge on any atom is 0.226 e. The molecular weight excluding hydrogens is 280 g/mol. The maximum absolute atomic E-state index is 5.79. The Kier molecular flexibility index (Phi) is 5.16. The molecule has 1 atom stereocenters. The number of piperidine rings is 1. The van der Waals surface area contributed by atoms with Crippen LogP contribution in [0.2, 0.25) is 5.28 Å². The van der Waals surface area contributed by atoms with Crippen molar-refractivity contribution < 1.29 is 0 Å². The fraction of sp³-hybridized carbons (Fsp3) is 0.692. The Bertz CT molecular complexity index is 405. The van der Waals surface area contributed by atoms with Crippen LogP contribution in [0.4, 0.5) is 11.6 Å². The first kappa shape index (κ1) is 14.7. The fourth-order valence-corrected chi connectivity index (χ4v) is 2.42. The number of hydrogen-bond acceptors (Lipinski definition) is 5. The molecule has 0 radical (unpaired) electrons. The molecule has 1 unspecified atom stereocenters. The first-order valence-electron chi connectivity index (χ1n) is 6.81. The summed E-state index contributed by atoms with van der Waals surface area (Å²) in [5.74, 6) is 1.28. The second-order valence-electron chi connectivity index (χ2n) is 5.19. The van der Waals surface area contributed by atoms with Crippen molar-refractivity contribution in [2.45, 2.75) is 50.3 Å². The Balaban J connectivity index is 0.000000284. The van der Waals surface area contributed by atoms with Crippen LogP contribution in [-0.4, -0.2) is 27.8 Å². The van der Waals surface area contributed by atoms with E-state index < -0.39 is 0 Å². The lowest BCUT2D eigenvalue weighted by Crippen LogP contribution is -2.38. The van der Waals surface area contributed by atoms with Crippen LogP contribution < -0.4 is 10.6 Å². The first-order valence-corrected chi connectivity index (χ1v) is 7.70. The van der Waals surface area contributed by atoms with Gasteiger partial charge >= 0.3 is 0 Å². The lowest BCUT2D eigenvalue weighted by molar-refractivity contribution is 0.481. The lowest BCUT2D eigenvalue weighted by Gasteiger charge is -2.34. The van der Waals surface area contributed by atoms with E-state index in [4.69, 9.17) is 17.3 Å². The molecule has 106 valence electrons. The topological polar surface area (TPSA) is 55.0 Å². The molecular formula is C13H21ClN4S.